The molecule has 132 valence electrons. The van der Waals surface area contributed by atoms with Crippen molar-refractivity contribution in [1.82, 2.24) is 19.7 Å². The van der Waals surface area contributed by atoms with Crippen LogP contribution in [0.25, 0.3) is 5.82 Å². The van der Waals surface area contributed by atoms with Crippen LogP contribution in [0.3, 0.4) is 0 Å². The standard InChI is InChI=1S/C16H13ClN6O3/c1-9-5-10(2)22(21-9)15-7-14(18-8-19-15)20-16(24)11-3-4-12(17)13(6-11)23(25)26/h3-8H,1-2H3,(H,18,19,20,24). The molecule has 1 aromatic carbocycles. The fraction of sp³-hybridized carbons (Fsp3) is 0.125. The number of aromatic nitrogens is 4. The molecular formula is C16H13ClN6O3. The highest BCUT2D eigenvalue weighted by Gasteiger charge is 2.17. The van der Waals surface area contributed by atoms with Gasteiger partial charge in [-0.25, -0.2) is 14.6 Å². The highest BCUT2D eigenvalue weighted by atomic mass is 35.5. The van der Waals surface area contributed by atoms with Crippen molar-refractivity contribution in [2.45, 2.75) is 13.8 Å². The molecule has 0 bridgehead atoms. The zero-order valence-corrected chi connectivity index (χ0v) is 14.6. The molecule has 0 fully saturated rings. The molecule has 3 rings (SSSR count). The number of benzene rings is 1. The van der Waals surface area contributed by atoms with Crippen molar-refractivity contribution >= 4 is 29.0 Å². The van der Waals surface area contributed by atoms with Crippen LogP contribution in [0.15, 0.2) is 36.7 Å². The topological polar surface area (TPSA) is 116 Å². The van der Waals surface area contributed by atoms with Crippen molar-refractivity contribution in [2.75, 3.05) is 5.32 Å². The van der Waals surface area contributed by atoms with Crippen molar-refractivity contribution in [3.8, 4) is 5.82 Å². The Balaban J connectivity index is 1.87. The fourth-order valence-electron chi connectivity index (χ4n) is 2.37. The minimum absolute atomic E-state index is 0.0413. The molecule has 0 atom stereocenters. The Labute approximate surface area is 152 Å². The zero-order chi connectivity index (χ0) is 18.8. The second kappa shape index (κ2) is 6.89. The fourth-order valence-corrected chi connectivity index (χ4v) is 2.56. The van der Waals surface area contributed by atoms with Crippen LogP contribution in [0, 0.1) is 24.0 Å². The van der Waals surface area contributed by atoms with Crippen molar-refractivity contribution in [2.24, 2.45) is 0 Å². The van der Waals surface area contributed by atoms with Gasteiger partial charge in [-0.3, -0.25) is 14.9 Å². The third-order valence-electron chi connectivity index (χ3n) is 3.53. The first kappa shape index (κ1) is 17.5. The normalized spacial score (nSPS) is 10.6. The zero-order valence-electron chi connectivity index (χ0n) is 13.8. The Hall–Kier alpha value is -3.33. The maximum Gasteiger partial charge on any atom is 0.288 e. The molecule has 26 heavy (non-hydrogen) atoms. The first-order chi connectivity index (χ1) is 12.3. The number of carbonyl (C=O) groups is 1. The predicted molar refractivity (Wildman–Crippen MR) is 94.7 cm³/mol. The quantitative estimate of drug-likeness (QED) is 0.555. The van der Waals surface area contributed by atoms with Gasteiger partial charge in [0.1, 0.15) is 17.2 Å². The van der Waals surface area contributed by atoms with Gasteiger partial charge in [-0.05, 0) is 32.0 Å². The van der Waals surface area contributed by atoms with Crippen LogP contribution in [0.4, 0.5) is 11.5 Å². The van der Waals surface area contributed by atoms with Crippen molar-refractivity contribution in [3.05, 3.63) is 68.7 Å². The number of carbonyl (C=O) groups excluding carboxylic acids is 1. The molecule has 0 spiro atoms. The molecule has 10 heteroatoms. The summed E-state index contributed by atoms with van der Waals surface area (Å²) in [6.07, 6.45) is 1.30. The van der Waals surface area contributed by atoms with Crippen molar-refractivity contribution < 1.29 is 9.72 Å². The third-order valence-corrected chi connectivity index (χ3v) is 3.85. The number of nitrogens with zero attached hydrogens (tertiary/aromatic N) is 5. The van der Waals surface area contributed by atoms with Gasteiger partial charge in [-0.1, -0.05) is 11.6 Å². The van der Waals surface area contributed by atoms with Crippen molar-refractivity contribution in [3.63, 3.8) is 0 Å². The van der Waals surface area contributed by atoms with Crippen LogP contribution in [0.5, 0.6) is 0 Å². The number of halogens is 1. The number of amides is 1. The SMILES string of the molecule is Cc1cc(C)n(-c2cc(NC(=O)c3ccc(Cl)c([N+](=O)[O-])c3)ncn2)n1. The first-order valence-electron chi connectivity index (χ1n) is 7.46. The van der Waals surface area contributed by atoms with Crippen LogP contribution in [0.1, 0.15) is 21.7 Å². The van der Waals surface area contributed by atoms with Gasteiger partial charge in [0.15, 0.2) is 5.82 Å². The van der Waals surface area contributed by atoms with Gasteiger partial charge in [0, 0.05) is 23.4 Å². The van der Waals surface area contributed by atoms with Gasteiger partial charge < -0.3 is 5.32 Å². The number of nitro benzene ring substituents is 1. The number of aryl methyl sites for hydroxylation is 2. The maximum absolute atomic E-state index is 12.4. The Morgan fingerprint density at radius 3 is 2.65 bits per heavy atom. The molecule has 9 nitrogen and oxygen atoms in total. The molecular weight excluding hydrogens is 360 g/mol. The average Bonchev–Trinajstić information content (AvgIpc) is 2.93. The molecule has 0 aliphatic rings. The van der Waals surface area contributed by atoms with E-state index in [1.807, 2.05) is 19.9 Å². The summed E-state index contributed by atoms with van der Waals surface area (Å²) in [6.45, 7) is 3.74. The molecule has 0 radical (unpaired) electrons. The molecule has 0 aliphatic heterocycles. The number of rotatable bonds is 4. The second-order valence-electron chi connectivity index (χ2n) is 5.48. The van der Waals surface area contributed by atoms with E-state index in [2.05, 4.69) is 20.4 Å². The molecule has 0 saturated carbocycles. The second-order valence-corrected chi connectivity index (χ2v) is 5.88. The van der Waals surface area contributed by atoms with Crippen molar-refractivity contribution in [1.29, 1.82) is 0 Å². The summed E-state index contributed by atoms with van der Waals surface area (Å²) in [6, 6.07) is 7.26. The van der Waals surface area contributed by atoms with Gasteiger partial charge in [0.2, 0.25) is 0 Å². The van der Waals surface area contributed by atoms with Gasteiger partial charge in [-0.15, -0.1) is 0 Å². The summed E-state index contributed by atoms with van der Waals surface area (Å²) in [5.74, 6) is 0.177. The lowest BCUT2D eigenvalue weighted by Crippen LogP contribution is -2.14. The summed E-state index contributed by atoms with van der Waals surface area (Å²) >= 11 is 5.76. The number of nitro groups is 1. The minimum atomic E-state index is -0.648. The third kappa shape index (κ3) is 3.52. The van der Waals surface area contributed by atoms with Crippen LogP contribution in [-0.4, -0.2) is 30.6 Å². The van der Waals surface area contributed by atoms with Gasteiger partial charge >= 0.3 is 0 Å². The monoisotopic (exact) mass is 372 g/mol. The van der Waals surface area contributed by atoms with E-state index in [9.17, 15) is 14.9 Å². The lowest BCUT2D eigenvalue weighted by molar-refractivity contribution is -0.384. The summed E-state index contributed by atoms with van der Waals surface area (Å²) < 4.78 is 1.62. The lowest BCUT2D eigenvalue weighted by Gasteiger charge is -2.07. The highest BCUT2D eigenvalue weighted by Crippen LogP contribution is 2.25. The summed E-state index contributed by atoms with van der Waals surface area (Å²) in [7, 11) is 0. The van der Waals surface area contributed by atoms with Crippen LogP contribution < -0.4 is 5.32 Å². The summed E-state index contributed by atoms with van der Waals surface area (Å²) in [4.78, 5) is 30.8. The highest BCUT2D eigenvalue weighted by molar-refractivity contribution is 6.32. The van der Waals surface area contributed by atoms with Crippen LogP contribution >= 0.6 is 11.6 Å². The average molecular weight is 373 g/mol. The van der Waals surface area contributed by atoms with Crippen LogP contribution in [-0.2, 0) is 0 Å². The predicted octanol–water partition coefficient (Wildman–Crippen LogP) is 3.09. The largest absolute Gasteiger partial charge is 0.306 e. The number of anilines is 1. The first-order valence-corrected chi connectivity index (χ1v) is 7.84. The Morgan fingerprint density at radius 2 is 2.00 bits per heavy atom. The number of hydrogen-bond donors (Lipinski definition) is 1. The van der Waals surface area contributed by atoms with Gasteiger partial charge in [0.25, 0.3) is 11.6 Å². The Kier molecular flexibility index (Phi) is 4.63. The van der Waals surface area contributed by atoms with E-state index in [0.29, 0.717) is 5.82 Å². The van der Waals surface area contributed by atoms with E-state index in [4.69, 9.17) is 11.6 Å². The molecule has 1 amide bonds. The van der Waals surface area contributed by atoms with E-state index in [0.717, 1.165) is 17.5 Å². The molecule has 2 heterocycles. The summed E-state index contributed by atoms with van der Waals surface area (Å²) in [5, 5.41) is 17.8. The smallest absolute Gasteiger partial charge is 0.288 e. The molecule has 0 aliphatic carbocycles. The molecule has 0 unspecified atom stereocenters. The lowest BCUT2D eigenvalue weighted by atomic mass is 10.2. The molecule has 2 aromatic heterocycles. The Bertz CT molecular complexity index is 1020. The van der Waals surface area contributed by atoms with Crippen LogP contribution in [0.2, 0.25) is 5.02 Å². The maximum atomic E-state index is 12.4. The van der Waals surface area contributed by atoms with E-state index in [1.165, 1.54) is 18.5 Å². The van der Waals surface area contributed by atoms with E-state index in [1.54, 1.807) is 10.7 Å². The summed E-state index contributed by atoms with van der Waals surface area (Å²) in [5.41, 5.74) is 1.46. The Morgan fingerprint density at radius 1 is 1.23 bits per heavy atom. The molecule has 3 aromatic rings. The molecule has 0 saturated heterocycles. The van der Waals surface area contributed by atoms with E-state index in [-0.39, 0.29) is 22.1 Å². The van der Waals surface area contributed by atoms with Gasteiger partial charge in [-0.2, -0.15) is 5.10 Å². The minimum Gasteiger partial charge on any atom is -0.306 e. The number of nitrogens with one attached hydrogen (secondary N) is 1. The van der Waals surface area contributed by atoms with Gasteiger partial charge in [0.05, 0.1) is 10.6 Å². The van der Waals surface area contributed by atoms with E-state index >= 15 is 0 Å². The van der Waals surface area contributed by atoms with E-state index < -0.39 is 10.8 Å². The number of hydrogen-bond acceptors (Lipinski definition) is 6. The molecule has 1 N–H and O–H groups in total.